The Morgan fingerprint density at radius 2 is 2.15 bits per heavy atom. The number of hydrogen-bond donors (Lipinski definition) is 1. The van der Waals surface area contributed by atoms with Crippen molar-refractivity contribution in [2.24, 2.45) is 0 Å². The van der Waals surface area contributed by atoms with Gasteiger partial charge in [0, 0.05) is 6.04 Å². The molecule has 0 fully saturated rings. The third-order valence-corrected chi connectivity index (χ3v) is 2.11. The number of halogens is 1. The first kappa shape index (κ1) is 10.2. The smallest absolute Gasteiger partial charge is 0.123 e. The van der Waals surface area contributed by atoms with Gasteiger partial charge in [0.25, 0.3) is 0 Å². The maximum atomic E-state index is 12.9. The van der Waals surface area contributed by atoms with E-state index in [9.17, 15) is 4.39 Å². The molecule has 1 aromatic rings. The van der Waals surface area contributed by atoms with Crippen LogP contribution < -0.4 is 5.32 Å². The lowest BCUT2D eigenvalue weighted by molar-refractivity contribution is 0.531. The minimum Gasteiger partial charge on any atom is -0.310 e. The highest BCUT2D eigenvalue weighted by Crippen LogP contribution is 2.16. The Morgan fingerprint density at radius 1 is 1.38 bits per heavy atom. The SMILES string of the molecule is CCNC(CC)c1cccc(F)c1. The zero-order valence-corrected chi connectivity index (χ0v) is 8.18. The lowest BCUT2D eigenvalue weighted by Gasteiger charge is -2.15. The fourth-order valence-corrected chi connectivity index (χ4v) is 1.47. The van der Waals surface area contributed by atoms with Gasteiger partial charge in [-0.2, -0.15) is 0 Å². The Morgan fingerprint density at radius 3 is 2.69 bits per heavy atom. The van der Waals surface area contributed by atoms with Crippen molar-refractivity contribution in [2.75, 3.05) is 6.54 Å². The van der Waals surface area contributed by atoms with Crippen LogP contribution in [0.25, 0.3) is 0 Å². The molecular weight excluding hydrogens is 165 g/mol. The summed E-state index contributed by atoms with van der Waals surface area (Å²) in [6.07, 6.45) is 0.983. The summed E-state index contributed by atoms with van der Waals surface area (Å²) >= 11 is 0. The second kappa shape index (κ2) is 4.97. The highest BCUT2D eigenvalue weighted by atomic mass is 19.1. The van der Waals surface area contributed by atoms with Crippen molar-refractivity contribution in [2.45, 2.75) is 26.3 Å². The molecule has 72 valence electrons. The van der Waals surface area contributed by atoms with E-state index in [1.54, 1.807) is 12.1 Å². The van der Waals surface area contributed by atoms with E-state index >= 15 is 0 Å². The maximum absolute atomic E-state index is 12.9. The summed E-state index contributed by atoms with van der Waals surface area (Å²) in [5.41, 5.74) is 1.03. The standard InChI is InChI=1S/C11H16FN/c1-3-11(13-4-2)9-6-5-7-10(12)8-9/h5-8,11,13H,3-4H2,1-2H3. The maximum Gasteiger partial charge on any atom is 0.123 e. The van der Waals surface area contributed by atoms with Crippen molar-refractivity contribution < 1.29 is 4.39 Å². The van der Waals surface area contributed by atoms with Crippen LogP contribution in [0.4, 0.5) is 4.39 Å². The summed E-state index contributed by atoms with van der Waals surface area (Å²) in [4.78, 5) is 0. The summed E-state index contributed by atoms with van der Waals surface area (Å²) in [6, 6.07) is 7.06. The van der Waals surface area contributed by atoms with Gasteiger partial charge in [-0.1, -0.05) is 26.0 Å². The van der Waals surface area contributed by atoms with Gasteiger partial charge in [-0.3, -0.25) is 0 Å². The van der Waals surface area contributed by atoms with Crippen LogP contribution in [0, 0.1) is 5.82 Å². The van der Waals surface area contributed by atoms with E-state index in [4.69, 9.17) is 0 Å². The molecule has 0 aliphatic rings. The van der Waals surface area contributed by atoms with Gasteiger partial charge in [0.05, 0.1) is 0 Å². The highest BCUT2D eigenvalue weighted by molar-refractivity contribution is 5.19. The summed E-state index contributed by atoms with van der Waals surface area (Å²) in [6.45, 7) is 5.06. The Bertz CT molecular complexity index is 260. The van der Waals surface area contributed by atoms with Crippen LogP contribution in [0.15, 0.2) is 24.3 Å². The van der Waals surface area contributed by atoms with Crippen molar-refractivity contribution in [3.63, 3.8) is 0 Å². The number of rotatable bonds is 4. The number of hydrogen-bond acceptors (Lipinski definition) is 1. The lowest BCUT2D eigenvalue weighted by Crippen LogP contribution is -2.20. The first-order chi connectivity index (χ1) is 6.27. The van der Waals surface area contributed by atoms with E-state index < -0.39 is 0 Å². The molecule has 0 aliphatic carbocycles. The zero-order chi connectivity index (χ0) is 9.68. The Hall–Kier alpha value is -0.890. The van der Waals surface area contributed by atoms with E-state index in [0.29, 0.717) is 0 Å². The minimum absolute atomic E-state index is 0.158. The molecule has 2 heteroatoms. The van der Waals surface area contributed by atoms with E-state index in [0.717, 1.165) is 18.5 Å². The number of nitrogens with one attached hydrogen (secondary N) is 1. The third-order valence-electron chi connectivity index (χ3n) is 2.11. The van der Waals surface area contributed by atoms with Crippen molar-refractivity contribution in [1.29, 1.82) is 0 Å². The molecule has 0 aromatic heterocycles. The van der Waals surface area contributed by atoms with Crippen LogP contribution in [0.1, 0.15) is 31.9 Å². The van der Waals surface area contributed by atoms with E-state index in [2.05, 4.69) is 19.2 Å². The Balaban J connectivity index is 2.78. The molecule has 0 bridgehead atoms. The largest absolute Gasteiger partial charge is 0.310 e. The van der Waals surface area contributed by atoms with Gasteiger partial charge in [0.15, 0.2) is 0 Å². The van der Waals surface area contributed by atoms with Gasteiger partial charge in [-0.15, -0.1) is 0 Å². The molecule has 1 aromatic carbocycles. The summed E-state index contributed by atoms with van der Waals surface area (Å²) in [5, 5.41) is 3.31. The molecule has 13 heavy (non-hydrogen) atoms. The van der Waals surface area contributed by atoms with E-state index in [-0.39, 0.29) is 11.9 Å². The minimum atomic E-state index is -0.158. The molecule has 1 rings (SSSR count). The molecule has 0 radical (unpaired) electrons. The van der Waals surface area contributed by atoms with Crippen molar-refractivity contribution in [3.05, 3.63) is 35.6 Å². The fourth-order valence-electron chi connectivity index (χ4n) is 1.47. The zero-order valence-electron chi connectivity index (χ0n) is 8.18. The van der Waals surface area contributed by atoms with Crippen LogP contribution in [0.3, 0.4) is 0 Å². The first-order valence-electron chi connectivity index (χ1n) is 4.76. The Kier molecular flexibility index (Phi) is 3.90. The van der Waals surface area contributed by atoms with Crippen molar-refractivity contribution in [3.8, 4) is 0 Å². The summed E-state index contributed by atoms with van der Waals surface area (Å²) in [5.74, 6) is -0.158. The predicted octanol–water partition coefficient (Wildman–Crippen LogP) is 2.89. The molecule has 1 N–H and O–H groups in total. The van der Waals surface area contributed by atoms with E-state index in [1.807, 2.05) is 6.07 Å². The molecule has 0 aliphatic heterocycles. The lowest BCUT2D eigenvalue weighted by atomic mass is 10.0. The van der Waals surface area contributed by atoms with Crippen molar-refractivity contribution >= 4 is 0 Å². The quantitative estimate of drug-likeness (QED) is 0.753. The van der Waals surface area contributed by atoms with Gasteiger partial charge >= 0.3 is 0 Å². The van der Waals surface area contributed by atoms with Crippen LogP contribution >= 0.6 is 0 Å². The van der Waals surface area contributed by atoms with Crippen LogP contribution in [0.2, 0.25) is 0 Å². The van der Waals surface area contributed by atoms with Crippen LogP contribution in [-0.4, -0.2) is 6.54 Å². The predicted molar refractivity (Wildman–Crippen MR) is 53.1 cm³/mol. The van der Waals surface area contributed by atoms with Gasteiger partial charge in [-0.05, 0) is 30.7 Å². The highest BCUT2D eigenvalue weighted by Gasteiger charge is 2.07. The second-order valence-corrected chi connectivity index (χ2v) is 3.07. The number of benzene rings is 1. The molecule has 0 amide bonds. The summed E-state index contributed by atoms with van der Waals surface area (Å²) in [7, 11) is 0. The van der Waals surface area contributed by atoms with Gasteiger partial charge in [-0.25, -0.2) is 4.39 Å². The molecule has 1 nitrogen and oxygen atoms in total. The molecule has 0 spiro atoms. The monoisotopic (exact) mass is 181 g/mol. The molecular formula is C11H16FN. The topological polar surface area (TPSA) is 12.0 Å². The summed E-state index contributed by atoms with van der Waals surface area (Å²) < 4.78 is 12.9. The van der Waals surface area contributed by atoms with E-state index in [1.165, 1.54) is 6.07 Å². The molecule has 0 saturated heterocycles. The molecule has 0 heterocycles. The Labute approximate surface area is 79.0 Å². The third kappa shape index (κ3) is 2.81. The second-order valence-electron chi connectivity index (χ2n) is 3.07. The fraction of sp³-hybridized carbons (Fsp3) is 0.455. The first-order valence-corrected chi connectivity index (χ1v) is 4.76. The molecule has 1 unspecified atom stereocenters. The van der Waals surface area contributed by atoms with Gasteiger partial charge in [0.1, 0.15) is 5.82 Å². The average molecular weight is 181 g/mol. The van der Waals surface area contributed by atoms with Gasteiger partial charge in [0.2, 0.25) is 0 Å². The van der Waals surface area contributed by atoms with Gasteiger partial charge < -0.3 is 5.32 Å². The van der Waals surface area contributed by atoms with Crippen LogP contribution in [0.5, 0.6) is 0 Å². The molecule has 0 saturated carbocycles. The average Bonchev–Trinajstić information content (AvgIpc) is 2.14. The van der Waals surface area contributed by atoms with Crippen LogP contribution in [-0.2, 0) is 0 Å². The normalized spacial score (nSPS) is 12.8. The molecule has 1 atom stereocenters. The van der Waals surface area contributed by atoms with Crippen molar-refractivity contribution in [1.82, 2.24) is 5.32 Å².